The van der Waals surface area contributed by atoms with Crippen LogP contribution in [0.1, 0.15) is 36.1 Å². The van der Waals surface area contributed by atoms with Gasteiger partial charge in [-0.1, -0.05) is 18.2 Å². The summed E-state index contributed by atoms with van der Waals surface area (Å²) in [5, 5.41) is 0. The Kier molecular flexibility index (Phi) is 5.01. The molecule has 2 aromatic carbocycles. The first-order valence-electron chi connectivity index (χ1n) is 8.30. The molecule has 2 aromatic rings. The van der Waals surface area contributed by atoms with Gasteiger partial charge in [-0.2, -0.15) is 0 Å². The molecule has 1 atom stereocenters. The van der Waals surface area contributed by atoms with Crippen LogP contribution in [0, 0.1) is 0 Å². The summed E-state index contributed by atoms with van der Waals surface area (Å²) in [7, 11) is -0.670. The fraction of sp³-hybridized carbons (Fsp3) is 0.368. The summed E-state index contributed by atoms with van der Waals surface area (Å²) in [6, 6.07) is 10.5. The molecule has 25 heavy (non-hydrogen) atoms. The number of aryl methyl sites for hydroxylation is 2. The molecule has 0 radical (unpaired) electrons. The molecule has 0 spiro atoms. The molecule has 0 aromatic heterocycles. The minimum Gasteiger partial charge on any atom is -0.493 e. The maximum Gasteiger partial charge on any atom is 0.241 e. The van der Waals surface area contributed by atoms with E-state index in [1.807, 2.05) is 13.0 Å². The fourth-order valence-electron chi connectivity index (χ4n) is 3.21. The van der Waals surface area contributed by atoms with E-state index in [1.165, 1.54) is 43.9 Å². The molecule has 5 nitrogen and oxygen atoms in total. The van der Waals surface area contributed by atoms with Crippen LogP contribution in [-0.4, -0.2) is 22.6 Å². The highest BCUT2D eigenvalue weighted by Gasteiger charge is 2.21. The number of rotatable bonds is 6. The summed E-state index contributed by atoms with van der Waals surface area (Å²) in [6.45, 7) is 1.86. The Balaban J connectivity index is 1.83. The van der Waals surface area contributed by atoms with Crippen LogP contribution in [0.4, 0.5) is 0 Å². The summed E-state index contributed by atoms with van der Waals surface area (Å²) >= 11 is 0. The highest BCUT2D eigenvalue weighted by Crippen LogP contribution is 2.30. The quantitative estimate of drug-likeness (QED) is 0.858. The Labute approximate surface area is 149 Å². The largest absolute Gasteiger partial charge is 0.493 e. The van der Waals surface area contributed by atoms with Gasteiger partial charge < -0.3 is 9.47 Å². The van der Waals surface area contributed by atoms with E-state index < -0.39 is 10.0 Å². The molecule has 0 fully saturated rings. The molecule has 0 saturated carbocycles. The molecular formula is C19H23NO4S. The molecule has 0 amide bonds. The number of nitrogens with one attached hydrogen (secondary N) is 1. The van der Waals surface area contributed by atoms with Gasteiger partial charge in [-0.15, -0.1) is 0 Å². The molecule has 0 aliphatic heterocycles. The van der Waals surface area contributed by atoms with Crippen molar-refractivity contribution in [3.8, 4) is 11.5 Å². The van der Waals surface area contributed by atoms with Gasteiger partial charge in [0, 0.05) is 12.1 Å². The van der Waals surface area contributed by atoms with E-state index in [-0.39, 0.29) is 10.9 Å². The van der Waals surface area contributed by atoms with Crippen molar-refractivity contribution in [3.05, 3.63) is 53.1 Å². The maximum atomic E-state index is 12.7. The lowest BCUT2D eigenvalue weighted by atomic mass is 10.0. The first-order valence-corrected chi connectivity index (χ1v) is 9.79. The Morgan fingerprint density at radius 1 is 0.960 bits per heavy atom. The van der Waals surface area contributed by atoms with Gasteiger partial charge in [-0.05, 0) is 55.0 Å². The van der Waals surface area contributed by atoms with Gasteiger partial charge in [0.2, 0.25) is 10.0 Å². The van der Waals surface area contributed by atoms with Crippen LogP contribution in [0.2, 0.25) is 0 Å². The Hall–Kier alpha value is -2.05. The van der Waals surface area contributed by atoms with Crippen molar-refractivity contribution in [1.82, 2.24) is 4.72 Å². The number of benzene rings is 2. The molecule has 0 bridgehead atoms. The van der Waals surface area contributed by atoms with E-state index in [0.717, 1.165) is 18.4 Å². The topological polar surface area (TPSA) is 64.6 Å². The van der Waals surface area contributed by atoms with Crippen LogP contribution >= 0.6 is 0 Å². The maximum absolute atomic E-state index is 12.7. The molecule has 6 heteroatoms. The molecular weight excluding hydrogens is 338 g/mol. The number of fused-ring (bicyclic) bond motifs is 1. The van der Waals surface area contributed by atoms with Crippen molar-refractivity contribution < 1.29 is 17.9 Å². The fourth-order valence-corrected chi connectivity index (χ4v) is 4.46. The molecule has 0 heterocycles. The lowest BCUT2D eigenvalue weighted by molar-refractivity contribution is 0.354. The summed E-state index contributed by atoms with van der Waals surface area (Å²) in [5.41, 5.74) is 3.68. The summed E-state index contributed by atoms with van der Waals surface area (Å²) in [5.74, 6) is 0.878. The molecule has 3 rings (SSSR count). The van der Waals surface area contributed by atoms with Gasteiger partial charge in [0.05, 0.1) is 19.1 Å². The zero-order valence-electron chi connectivity index (χ0n) is 14.7. The number of ether oxygens (including phenoxy) is 2. The van der Waals surface area contributed by atoms with E-state index in [4.69, 9.17) is 9.47 Å². The van der Waals surface area contributed by atoms with Crippen molar-refractivity contribution in [2.45, 2.75) is 37.1 Å². The molecule has 0 saturated heterocycles. The number of hydrogen-bond donors (Lipinski definition) is 1. The third-order valence-electron chi connectivity index (χ3n) is 4.62. The normalized spacial score (nSPS) is 14.8. The average Bonchev–Trinajstić information content (AvgIpc) is 3.08. The van der Waals surface area contributed by atoms with Crippen molar-refractivity contribution in [1.29, 1.82) is 0 Å². The Morgan fingerprint density at radius 2 is 1.68 bits per heavy atom. The van der Waals surface area contributed by atoms with Crippen molar-refractivity contribution in [2.75, 3.05) is 14.2 Å². The third kappa shape index (κ3) is 3.65. The van der Waals surface area contributed by atoms with Crippen LogP contribution in [0.5, 0.6) is 11.5 Å². The van der Waals surface area contributed by atoms with Gasteiger partial charge in [0.1, 0.15) is 0 Å². The Bertz CT molecular complexity index is 877. The second-order valence-corrected chi connectivity index (χ2v) is 7.96. The summed E-state index contributed by atoms with van der Waals surface area (Å²) < 4.78 is 38.5. The third-order valence-corrected chi connectivity index (χ3v) is 6.16. The highest BCUT2D eigenvalue weighted by atomic mass is 32.2. The van der Waals surface area contributed by atoms with E-state index in [0.29, 0.717) is 11.5 Å². The van der Waals surface area contributed by atoms with Gasteiger partial charge >= 0.3 is 0 Å². The van der Waals surface area contributed by atoms with Crippen molar-refractivity contribution in [2.24, 2.45) is 0 Å². The van der Waals surface area contributed by atoms with Gasteiger partial charge in [-0.3, -0.25) is 0 Å². The second-order valence-electron chi connectivity index (χ2n) is 6.24. The van der Waals surface area contributed by atoms with Crippen LogP contribution in [-0.2, 0) is 22.9 Å². The molecule has 134 valence electrons. The highest BCUT2D eigenvalue weighted by molar-refractivity contribution is 7.89. The Morgan fingerprint density at radius 3 is 2.40 bits per heavy atom. The first kappa shape index (κ1) is 17.8. The predicted molar refractivity (Wildman–Crippen MR) is 96.7 cm³/mol. The minimum absolute atomic E-state index is 0.151. The lowest BCUT2D eigenvalue weighted by Crippen LogP contribution is -2.27. The van der Waals surface area contributed by atoms with Crippen LogP contribution in [0.25, 0.3) is 0 Å². The number of sulfonamides is 1. The van der Waals surface area contributed by atoms with Crippen molar-refractivity contribution >= 4 is 10.0 Å². The second kappa shape index (κ2) is 7.06. The molecule has 1 aliphatic carbocycles. The molecule has 1 N–H and O–H groups in total. The predicted octanol–water partition coefficient (Wildman–Crippen LogP) is 3.23. The van der Waals surface area contributed by atoms with Crippen LogP contribution < -0.4 is 14.2 Å². The SMILES string of the molecule is COc1ccc(S(=O)(=O)NC(C)c2ccc3c(c2)CCC3)cc1OC. The minimum atomic E-state index is -3.66. The standard InChI is InChI=1S/C19H23NO4S/c1-13(15-8-7-14-5-4-6-16(14)11-15)20-25(21,22)17-9-10-18(23-2)19(12-17)24-3/h7-13,20H,4-6H2,1-3H3. The smallest absolute Gasteiger partial charge is 0.241 e. The van der Waals surface area contributed by atoms with Crippen molar-refractivity contribution in [3.63, 3.8) is 0 Å². The zero-order valence-corrected chi connectivity index (χ0v) is 15.5. The molecule has 1 unspecified atom stereocenters. The van der Waals surface area contributed by atoms with Crippen LogP contribution in [0.15, 0.2) is 41.3 Å². The van der Waals surface area contributed by atoms with E-state index >= 15 is 0 Å². The van der Waals surface area contributed by atoms with Gasteiger partial charge in [-0.25, -0.2) is 13.1 Å². The summed E-state index contributed by atoms with van der Waals surface area (Å²) in [6.07, 6.45) is 3.35. The number of hydrogen-bond acceptors (Lipinski definition) is 4. The van der Waals surface area contributed by atoms with E-state index in [9.17, 15) is 8.42 Å². The van der Waals surface area contributed by atoms with E-state index in [2.05, 4.69) is 16.9 Å². The lowest BCUT2D eigenvalue weighted by Gasteiger charge is -2.17. The van der Waals surface area contributed by atoms with Gasteiger partial charge in [0.15, 0.2) is 11.5 Å². The van der Waals surface area contributed by atoms with Gasteiger partial charge in [0.25, 0.3) is 0 Å². The monoisotopic (exact) mass is 361 g/mol. The zero-order chi connectivity index (χ0) is 18.0. The van der Waals surface area contributed by atoms with Crippen LogP contribution in [0.3, 0.4) is 0 Å². The molecule has 1 aliphatic rings. The first-order chi connectivity index (χ1) is 11.9. The summed E-state index contributed by atoms with van der Waals surface area (Å²) in [4.78, 5) is 0.151. The number of methoxy groups -OCH3 is 2. The van der Waals surface area contributed by atoms with E-state index in [1.54, 1.807) is 6.07 Å². The average molecular weight is 361 g/mol.